The van der Waals surface area contributed by atoms with Gasteiger partial charge in [-0.2, -0.15) is 0 Å². The fourth-order valence-corrected chi connectivity index (χ4v) is 4.83. The van der Waals surface area contributed by atoms with Crippen molar-refractivity contribution in [1.29, 1.82) is 10.8 Å². The van der Waals surface area contributed by atoms with E-state index in [0.717, 1.165) is 37.4 Å². The molecule has 2 heterocycles. The number of amidine groups is 2. The minimum Gasteiger partial charge on any atom is -0.346 e. The summed E-state index contributed by atoms with van der Waals surface area (Å²) in [4.78, 5) is 4.43. The Morgan fingerprint density at radius 3 is 1.67 bits per heavy atom. The summed E-state index contributed by atoms with van der Waals surface area (Å²) in [5, 5.41) is 17.4. The SMILES string of the molecule is CCC1CSC(=N)N1CCN1C(=N)SCC1CC. The zero-order valence-corrected chi connectivity index (χ0v) is 12.7. The summed E-state index contributed by atoms with van der Waals surface area (Å²) < 4.78 is 0. The topological polar surface area (TPSA) is 54.2 Å². The first-order valence-electron chi connectivity index (χ1n) is 6.63. The van der Waals surface area contributed by atoms with E-state index >= 15 is 0 Å². The van der Waals surface area contributed by atoms with Gasteiger partial charge in [0.05, 0.1) is 0 Å². The Bertz CT molecular complexity index is 302. The van der Waals surface area contributed by atoms with E-state index in [-0.39, 0.29) is 0 Å². The number of nitrogens with one attached hydrogen (secondary N) is 2. The van der Waals surface area contributed by atoms with Crippen LogP contribution < -0.4 is 0 Å². The summed E-state index contributed by atoms with van der Waals surface area (Å²) in [5.74, 6) is 2.11. The molecule has 0 amide bonds. The number of nitrogens with zero attached hydrogens (tertiary/aromatic N) is 2. The fraction of sp³-hybridized carbons (Fsp3) is 0.833. The summed E-state index contributed by atoms with van der Waals surface area (Å²) in [7, 11) is 0. The number of thioether (sulfide) groups is 2. The molecule has 2 aliphatic heterocycles. The van der Waals surface area contributed by atoms with Crippen LogP contribution in [-0.4, -0.2) is 56.8 Å². The lowest BCUT2D eigenvalue weighted by molar-refractivity contribution is 0.271. The molecule has 0 aromatic heterocycles. The molecule has 6 heteroatoms. The van der Waals surface area contributed by atoms with Gasteiger partial charge in [-0.25, -0.2) is 0 Å². The van der Waals surface area contributed by atoms with Crippen LogP contribution in [-0.2, 0) is 0 Å². The summed E-state index contributed by atoms with van der Waals surface area (Å²) >= 11 is 3.32. The van der Waals surface area contributed by atoms with Gasteiger partial charge >= 0.3 is 0 Å². The van der Waals surface area contributed by atoms with Crippen LogP contribution in [0.15, 0.2) is 0 Å². The molecule has 18 heavy (non-hydrogen) atoms. The van der Waals surface area contributed by atoms with Crippen molar-refractivity contribution < 1.29 is 0 Å². The average Bonchev–Trinajstić information content (AvgIpc) is 2.90. The maximum absolute atomic E-state index is 7.97. The van der Waals surface area contributed by atoms with Gasteiger partial charge in [0.15, 0.2) is 10.3 Å². The fourth-order valence-electron chi connectivity index (χ4n) is 2.49. The highest BCUT2D eigenvalue weighted by molar-refractivity contribution is 8.14. The molecule has 0 bridgehead atoms. The minimum absolute atomic E-state index is 0.520. The van der Waals surface area contributed by atoms with Crippen molar-refractivity contribution in [3.05, 3.63) is 0 Å². The molecule has 2 aliphatic rings. The van der Waals surface area contributed by atoms with Crippen LogP contribution >= 0.6 is 23.5 Å². The quantitative estimate of drug-likeness (QED) is 0.815. The van der Waals surface area contributed by atoms with E-state index in [2.05, 4.69) is 23.6 Å². The number of hydrogen-bond donors (Lipinski definition) is 2. The second kappa shape index (κ2) is 6.19. The first kappa shape index (κ1) is 14.1. The summed E-state index contributed by atoms with van der Waals surface area (Å²) in [6.45, 7) is 6.17. The highest BCUT2D eigenvalue weighted by Crippen LogP contribution is 2.27. The van der Waals surface area contributed by atoms with Crippen molar-refractivity contribution in [1.82, 2.24) is 9.80 Å². The van der Waals surface area contributed by atoms with Crippen LogP contribution in [0.4, 0.5) is 0 Å². The van der Waals surface area contributed by atoms with Crippen LogP contribution in [0.3, 0.4) is 0 Å². The molecule has 0 radical (unpaired) electrons. The molecule has 0 spiro atoms. The van der Waals surface area contributed by atoms with E-state index in [0.29, 0.717) is 22.4 Å². The highest BCUT2D eigenvalue weighted by atomic mass is 32.2. The van der Waals surface area contributed by atoms with E-state index in [4.69, 9.17) is 10.8 Å². The Balaban J connectivity index is 1.90. The van der Waals surface area contributed by atoms with Gasteiger partial charge in [-0.3, -0.25) is 10.8 Å². The molecular formula is C12H22N4S2. The third-order valence-corrected chi connectivity index (χ3v) is 5.87. The Kier molecular flexibility index (Phi) is 4.84. The summed E-state index contributed by atoms with van der Waals surface area (Å²) in [6, 6.07) is 1.04. The zero-order valence-electron chi connectivity index (χ0n) is 11.1. The first-order chi connectivity index (χ1) is 8.67. The molecule has 2 unspecified atom stereocenters. The Morgan fingerprint density at radius 1 is 0.944 bits per heavy atom. The molecule has 2 rings (SSSR count). The van der Waals surface area contributed by atoms with E-state index in [1.54, 1.807) is 23.5 Å². The van der Waals surface area contributed by atoms with E-state index in [1.165, 1.54) is 0 Å². The zero-order chi connectivity index (χ0) is 13.1. The monoisotopic (exact) mass is 286 g/mol. The average molecular weight is 286 g/mol. The molecule has 2 fully saturated rings. The Labute approximate surface area is 118 Å². The van der Waals surface area contributed by atoms with Crippen LogP contribution in [0.5, 0.6) is 0 Å². The smallest absolute Gasteiger partial charge is 0.156 e. The van der Waals surface area contributed by atoms with Crippen molar-refractivity contribution in [2.24, 2.45) is 0 Å². The first-order valence-corrected chi connectivity index (χ1v) is 8.60. The molecule has 0 saturated carbocycles. The second-order valence-electron chi connectivity index (χ2n) is 4.74. The largest absolute Gasteiger partial charge is 0.346 e. The van der Waals surface area contributed by atoms with Crippen LogP contribution in [0.1, 0.15) is 26.7 Å². The number of rotatable bonds is 5. The van der Waals surface area contributed by atoms with Crippen molar-refractivity contribution in [3.63, 3.8) is 0 Å². The van der Waals surface area contributed by atoms with Gasteiger partial charge in [-0.1, -0.05) is 37.4 Å². The van der Waals surface area contributed by atoms with Crippen molar-refractivity contribution in [3.8, 4) is 0 Å². The van der Waals surface area contributed by atoms with E-state index < -0.39 is 0 Å². The molecule has 0 aromatic carbocycles. The molecule has 0 aliphatic carbocycles. The lowest BCUT2D eigenvalue weighted by Gasteiger charge is -2.30. The van der Waals surface area contributed by atoms with E-state index in [9.17, 15) is 0 Å². The molecular weight excluding hydrogens is 264 g/mol. The second-order valence-corrected chi connectivity index (χ2v) is 6.76. The van der Waals surface area contributed by atoms with Crippen molar-refractivity contribution in [2.75, 3.05) is 24.6 Å². The standard InChI is InChI=1S/C12H22N4S2/c1-3-9-7-17-11(13)15(9)5-6-16-10(4-2)8-18-12(16)14/h9-10,13-14H,3-8H2,1-2H3. The van der Waals surface area contributed by atoms with Crippen LogP contribution in [0, 0.1) is 10.8 Å². The van der Waals surface area contributed by atoms with Gasteiger partial charge in [0.2, 0.25) is 0 Å². The van der Waals surface area contributed by atoms with Gasteiger partial charge in [-0.05, 0) is 12.8 Å². The summed E-state index contributed by atoms with van der Waals surface area (Å²) in [5.41, 5.74) is 0. The predicted octanol–water partition coefficient (Wildman–Crippen LogP) is 2.51. The Morgan fingerprint density at radius 2 is 1.33 bits per heavy atom. The van der Waals surface area contributed by atoms with Crippen molar-refractivity contribution in [2.45, 2.75) is 38.8 Å². The third kappa shape index (κ3) is 2.79. The number of hydrogen-bond acceptors (Lipinski definition) is 4. The van der Waals surface area contributed by atoms with Crippen molar-refractivity contribution >= 4 is 33.9 Å². The van der Waals surface area contributed by atoms with E-state index in [1.807, 2.05) is 0 Å². The lowest BCUT2D eigenvalue weighted by Crippen LogP contribution is -2.43. The van der Waals surface area contributed by atoms with Gasteiger partial charge in [0.25, 0.3) is 0 Å². The minimum atomic E-state index is 0.520. The lowest BCUT2D eigenvalue weighted by atomic mass is 10.2. The van der Waals surface area contributed by atoms with Crippen LogP contribution in [0.2, 0.25) is 0 Å². The normalized spacial score (nSPS) is 28.6. The molecule has 102 valence electrons. The maximum Gasteiger partial charge on any atom is 0.156 e. The van der Waals surface area contributed by atoms with Gasteiger partial charge in [-0.15, -0.1) is 0 Å². The van der Waals surface area contributed by atoms with Gasteiger partial charge in [0.1, 0.15) is 0 Å². The molecule has 2 atom stereocenters. The molecule has 0 aromatic rings. The summed E-state index contributed by atoms with van der Waals surface area (Å²) in [6.07, 6.45) is 2.22. The third-order valence-electron chi connectivity index (χ3n) is 3.75. The predicted molar refractivity (Wildman–Crippen MR) is 81.9 cm³/mol. The van der Waals surface area contributed by atoms with Crippen LogP contribution in [0.25, 0.3) is 0 Å². The molecule has 2 saturated heterocycles. The highest BCUT2D eigenvalue weighted by Gasteiger charge is 2.31. The molecule has 2 N–H and O–H groups in total. The Hall–Kier alpha value is -0.360. The maximum atomic E-state index is 7.97. The molecule has 4 nitrogen and oxygen atoms in total. The van der Waals surface area contributed by atoms with Gasteiger partial charge in [0, 0.05) is 36.7 Å². The van der Waals surface area contributed by atoms with Gasteiger partial charge < -0.3 is 9.80 Å².